The summed E-state index contributed by atoms with van der Waals surface area (Å²) < 4.78 is 11.7. The molecule has 2 saturated heterocycles. The minimum atomic E-state index is -2.05. The number of nitrogens with one attached hydrogen (secondary N) is 1. The molecule has 0 spiro atoms. The van der Waals surface area contributed by atoms with Gasteiger partial charge in [-0.3, -0.25) is 15.5 Å². The van der Waals surface area contributed by atoms with E-state index in [1.807, 2.05) is 18.2 Å². The molecule has 0 unspecified atom stereocenters. The number of rotatable bonds is 3. The van der Waals surface area contributed by atoms with Crippen molar-refractivity contribution in [2.75, 3.05) is 0 Å². The molecule has 0 aromatic heterocycles. The van der Waals surface area contributed by atoms with Crippen molar-refractivity contribution >= 4 is 11.6 Å². The maximum atomic E-state index is 10.9. The van der Waals surface area contributed by atoms with E-state index in [0.29, 0.717) is 5.56 Å². The van der Waals surface area contributed by atoms with Gasteiger partial charge in [0, 0.05) is 18.6 Å². The van der Waals surface area contributed by atoms with Gasteiger partial charge in [0.25, 0.3) is 5.69 Å². The van der Waals surface area contributed by atoms with Gasteiger partial charge in [0.2, 0.25) is 17.1 Å². The number of nitrogens with zero attached hydrogens (tertiary/aromatic N) is 4. The Morgan fingerprint density at radius 1 is 1.22 bits per heavy atom. The summed E-state index contributed by atoms with van der Waals surface area (Å²) in [5, 5.41) is 49.1. The molecule has 2 aliphatic rings. The summed E-state index contributed by atoms with van der Waals surface area (Å²) in [6.45, 7) is 3.39. The number of ether oxygens (including phenoxy) is 2. The zero-order valence-electron chi connectivity index (χ0n) is 14.6. The second kappa shape index (κ2) is 5.77. The topological polar surface area (TPSA) is 157 Å². The Morgan fingerprint density at radius 3 is 2.26 bits per heavy atom. The molecule has 9 nitrogen and oxygen atoms in total. The average molecular weight is 365 g/mol. The SMILES string of the molecule is CC[C@]12OC(=N)[C@](C#N)([C@H]1C)C(C#N)(C#N)[C@H](c1ccc([N+](=O)[O-])cc1)O2. The summed E-state index contributed by atoms with van der Waals surface area (Å²) in [6, 6.07) is 11.1. The molecule has 2 heterocycles. The fourth-order valence-electron chi connectivity index (χ4n) is 4.11. The van der Waals surface area contributed by atoms with Gasteiger partial charge in [-0.05, 0) is 17.7 Å². The smallest absolute Gasteiger partial charge is 0.269 e. The highest BCUT2D eigenvalue weighted by atomic mass is 16.7. The van der Waals surface area contributed by atoms with E-state index in [2.05, 4.69) is 0 Å². The van der Waals surface area contributed by atoms with Crippen LogP contribution in [0.3, 0.4) is 0 Å². The number of hydrogen-bond donors (Lipinski definition) is 1. The normalized spacial score (nSPS) is 33.2. The molecule has 2 fully saturated rings. The van der Waals surface area contributed by atoms with Crippen molar-refractivity contribution in [3.05, 3.63) is 39.9 Å². The Hall–Kier alpha value is -3.48. The highest BCUT2D eigenvalue weighted by molar-refractivity contribution is 5.89. The summed E-state index contributed by atoms with van der Waals surface area (Å²) >= 11 is 0. The molecule has 2 aliphatic heterocycles. The Kier molecular flexibility index (Phi) is 3.91. The lowest BCUT2D eigenvalue weighted by Crippen LogP contribution is -2.58. The van der Waals surface area contributed by atoms with Crippen molar-refractivity contribution in [2.24, 2.45) is 16.7 Å². The van der Waals surface area contributed by atoms with Crippen molar-refractivity contribution in [1.82, 2.24) is 0 Å². The molecule has 9 heteroatoms. The van der Waals surface area contributed by atoms with Crippen molar-refractivity contribution in [2.45, 2.75) is 32.2 Å². The predicted octanol–water partition coefficient (Wildman–Crippen LogP) is 2.96. The van der Waals surface area contributed by atoms with Crippen molar-refractivity contribution in [3.63, 3.8) is 0 Å². The van der Waals surface area contributed by atoms with Gasteiger partial charge in [-0.1, -0.05) is 13.8 Å². The summed E-state index contributed by atoms with van der Waals surface area (Å²) in [4.78, 5) is 10.3. The summed E-state index contributed by atoms with van der Waals surface area (Å²) in [6.07, 6.45) is -0.928. The summed E-state index contributed by atoms with van der Waals surface area (Å²) in [7, 11) is 0. The first-order valence-corrected chi connectivity index (χ1v) is 8.22. The van der Waals surface area contributed by atoms with Gasteiger partial charge in [-0.25, -0.2) is 0 Å². The first kappa shape index (κ1) is 18.3. The number of hydrogen-bond acceptors (Lipinski definition) is 8. The van der Waals surface area contributed by atoms with Crippen LogP contribution < -0.4 is 0 Å². The fourth-order valence-corrected chi connectivity index (χ4v) is 4.11. The van der Waals surface area contributed by atoms with E-state index in [0.717, 1.165) is 0 Å². The largest absolute Gasteiger partial charge is 0.447 e. The second-order valence-corrected chi connectivity index (χ2v) is 6.62. The summed E-state index contributed by atoms with van der Waals surface area (Å²) in [5.41, 5.74) is -3.71. The molecule has 4 atom stereocenters. The molecule has 1 aromatic carbocycles. The van der Waals surface area contributed by atoms with E-state index in [-0.39, 0.29) is 12.1 Å². The molecule has 1 aromatic rings. The molecule has 0 saturated carbocycles. The minimum absolute atomic E-state index is 0.158. The lowest BCUT2D eigenvalue weighted by atomic mass is 9.53. The van der Waals surface area contributed by atoms with Gasteiger partial charge in [0.1, 0.15) is 6.10 Å². The van der Waals surface area contributed by atoms with Gasteiger partial charge >= 0.3 is 0 Å². The first-order valence-electron chi connectivity index (χ1n) is 8.22. The molecule has 3 rings (SSSR count). The second-order valence-electron chi connectivity index (χ2n) is 6.62. The third kappa shape index (κ3) is 1.96. The molecular formula is C18H15N5O4. The van der Waals surface area contributed by atoms with Crippen LogP contribution in [0, 0.1) is 66.3 Å². The highest BCUT2D eigenvalue weighted by Gasteiger charge is 2.78. The van der Waals surface area contributed by atoms with Crippen LogP contribution in [-0.4, -0.2) is 16.6 Å². The van der Waals surface area contributed by atoms with Crippen LogP contribution in [-0.2, 0) is 9.47 Å². The number of fused-ring (bicyclic) bond motifs is 2. The number of nitro groups is 1. The third-order valence-electron chi connectivity index (χ3n) is 5.70. The van der Waals surface area contributed by atoms with Crippen LogP contribution in [0.15, 0.2) is 24.3 Å². The molecule has 27 heavy (non-hydrogen) atoms. The lowest BCUT2D eigenvalue weighted by Gasteiger charge is -2.48. The first-order chi connectivity index (χ1) is 12.8. The Labute approximate surface area is 155 Å². The number of nitro benzene ring substituents is 1. The predicted molar refractivity (Wildman–Crippen MR) is 89.6 cm³/mol. The van der Waals surface area contributed by atoms with Crippen molar-refractivity contribution < 1.29 is 14.4 Å². The molecule has 1 N–H and O–H groups in total. The molecule has 136 valence electrons. The Bertz CT molecular complexity index is 940. The van der Waals surface area contributed by atoms with Gasteiger partial charge in [0.15, 0.2) is 5.41 Å². The van der Waals surface area contributed by atoms with Crippen molar-refractivity contribution in [3.8, 4) is 18.2 Å². The van der Waals surface area contributed by atoms with Crippen LogP contribution in [0.2, 0.25) is 0 Å². The molecule has 0 amide bonds. The molecule has 2 bridgehead atoms. The van der Waals surface area contributed by atoms with E-state index in [1.165, 1.54) is 24.3 Å². The van der Waals surface area contributed by atoms with E-state index < -0.39 is 39.5 Å². The Balaban J connectivity index is 2.27. The Morgan fingerprint density at radius 2 is 1.81 bits per heavy atom. The van der Waals surface area contributed by atoms with E-state index >= 15 is 0 Å². The van der Waals surface area contributed by atoms with Gasteiger partial charge < -0.3 is 9.47 Å². The lowest BCUT2D eigenvalue weighted by molar-refractivity contribution is -0.384. The number of benzene rings is 1. The monoisotopic (exact) mass is 365 g/mol. The maximum absolute atomic E-state index is 10.9. The maximum Gasteiger partial charge on any atom is 0.269 e. The van der Waals surface area contributed by atoms with E-state index in [9.17, 15) is 25.9 Å². The minimum Gasteiger partial charge on any atom is -0.447 e. The van der Waals surface area contributed by atoms with Crippen LogP contribution in [0.5, 0.6) is 0 Å². The average Bonchev–Trinajstić information content (AvgIpc) is 2.84. The zero-order valence-corrected chi connectivity index (χ0v) is 14.6. The highest BCUT2D eigenvalue weighted by Crippen LogP contribution is 2.66. The standard InChI is InChI=1S/C18H15N5O4/c1-3-18-11(2)17(10-21,15(22)27-18)16(8-19,9-20)14(26-18)12-4-6-13(7-5-12)23(24)25/h4-7,11,14,22H,3H2,1-2H3/t11-,14+,17+,18+/m1/s1. The van der Waals surface area contributed by atoms with Crippen LogP contribution in [0.1, 0.15) is 31.9 Å². The van der Waals surface area contributed by atoms with Crippen LogP contribution in [0.4, 0.5) is 5.69 Å². The fraction of sp³-hybridized carbons (Fsp3) is 0.444. The van der Waals surface area contributed by atoms with E-state index in [1.54, 1.807) is 13.8 Å². The van der Waals surface area contributed by atoms with E-state index in [4.69, 9.17) is 14.9 Å². The van der Waals surface area contributed by atoms with Gasteiger partial charge in [0.05, 0.1) is 29.0 Å². The molecule has 0 radical (unpaired) electrons. The third-order valence-corrected chi connectivity index (χ3v) is 5.70. The number of nitriles is 3. The van der Waals surface area contributed by atoms with Crippen molar-refractivity contribution in [1.29, 1.82) is 21.2 Å². The van der Waals surface area contributed by atoms with Gasteiger partial charge in [-0.15, -0.1) is 0 Å². The van der Waals surface area contributed by atoms with Crippen LogP contribution >= 0.6 is 0 Å². The molecular weight excluding hydrogens is 350 g/mol. The van der Waals surface area contributed by atoms with Crippen LogP contribution in [0.25, 0.3) is 0 Å². The van der Waals surface area contributed by atoms with Gasteiger partial charge in [-0.2, -0.15) is 15.8 Å². The zero-order chi connectivity index (χ0) is 20.0. The molecule has 0 aliphatic carbocycles. The number of non-ortho nitro benzene ring substituents is 1. The quantitative estimate of drug-likeness (QED) is 0.637. The summed E-state index contributed by atoms with van der Waals surface area (Å²) in [5.74, 6) is -2.54.